The van der Waals surface area contributed by atoms with E-state index in [9.17, 15) is 4.79 Å². The minimum atomic E-state index is -0.117. The topological polar surface area (TPSA) is 33.5 Å². The number of fused-ring (bicyclic) bond motifs is 1. The average molecular weight is 320 g/mol. The molecule has 1 amide bonds. The highest BCUT2D eigenvalue weighted by Gasteiger charge is 2.21. The Labute approximate surface area is 131 Å². The number of thiophene rings is 1. The van der Waals surface area contributed by atoms with Crippen molar-refractivity contribution in [3.8, 4) is 0 Å². The fourth-order valence-electron chi connectivity index (χ4n) is 2.29. The number of amides is 1. The second-order valence-corrected chi connectivity index (χ2v) is 6.72. The SMILES string of the molecule is Cc1c(C(=O)N(C)Cc2ccc(Cl)s2)oc2ccccc12. The molecule has 0 N–H and O–H groups in total. The van der Waals surface area contributed by atoms with Gasteiger partial charge in [0.2, 0.25) is 0 Å². The lowest BCUT2D eigenvalue weighted by molar-refractivity contribution is 0.0756. The predicted octanol–water partition coefficient (Wildman–Crippen LogP) is 4.73. The van der Waals surface area contributed by atoms with Crippen molar-refractivity contribution in [3.05, 3.63) is 56.9 Å². The molecule has 21 heavy (non-hydrogen) atoms. The van der Waals surface area contributed by atoms with E-state index in [1.165, 1.54) is 11.3 Å². The molecule has 108 valence electrons. The normalized spacial score (nSPS) is 11.0. The molecule has 0 unspecified atom stereocenters. The predicted molar refractivity (Wildman–Crippen MR) is 86.1 cm³/mol. The Morgan fingerprint density at radius 3 is 2.71 bits per heavy atom. The Hall–Kier alpha value is -1.78. The van der Waals surface area contributed by atoms with Crippen LogP contribution < -0.4 is 0 Å². The summed E-state index contributed by atoms with van der Waals surface area (Å²) in [6.45, 7) is 2.43. The largest absolute Gasteiger partial charge is 0.451 e. The number of para-hydroxylation sites is 1. The first-order chi connectivity index (χ1) is 10.1. The van der Waals surface area contributed by atoms with Crippen molar-refractivity contribution in [1.29, 1.82) is 0 Å². The molecule has 1 aromatic carbocycles. The van der Waals surface area contributed by atoms with Crippen molar-refractivity contribution in [2.45, 2.75) is 13.5 Å². The highest BCUT2D eigenvalue weighted by Crippen LogP contribution is 2.27. The van der Waals surface area contributed by atoms with Gasteiger partial charge >= 0.3 is 0 Å². The van der Waals surface area contributed by atoms with Gasteiger partial charge in [-0.2, -0.15) is 0 Å². The zero-order valence-corrected chi connectivity index (χ0v) is 13.3. The molecule has 0 atom stereocenters. The summed E-state index contributed by atoms with van der Waals surface area (Å²) in [6, 6.07) is 11.4. The Morgan fingerprint density at radius 1 is 1.29 bits per heavy atom. The number of benzene rings is 1. The van der Waals surface area contributed by atoms with Crippen LogP contribution in [-0.4, -0.2) is 17.9 Å². The van der Waals surface area contributed by atoms with E-state index in [1.807, 2.05) is 43.3 Å². The first-order valence-corrected chi connectivity index (χ1v) is 7.73. The molecule has 0 aliphatic carbocycles. The van der Waals surface area contributed by atoms with Gasteiger partial charge in [-0.25, -0.2) is 0 Å². The summed E-state index contributed by atoms with van der Waals surface area (Å²) in [5.41, 5.74) is 1.62. The number of furan rings is 1. The van der Waals surface area contributed by atoms with Gasteiger partial charge in [0.05, 0.1) is 10.9 Å². The molecule has 0 aliphatic heterocycles. The van der Waals surface area contributed by atoms with Gasteiger partial charge in [-0.05, 0) is 25.1 Å². The van der Waals surface area contributed by atoms with Gasteiger partial charge in [0.15, 0.2) is 5.76 Å². The number of hydrogen-bond donors (Lipinski definition) is 0. The van der Waals surface area contributed by atoms with Gasteiger partial charge in [-0.1, -0.05) is 29.8 Å². The average Bonchev–Trinajstić information content (AvgIpc) is 3.03. The molecule has 2 heterocycles. The molecule has 5 heteroatoms. The summed E-state index contributed by atoms with van der Waals surface area (Å²) in [7, 11) is 1.77. The zero-order valence-electron chi connectivity index (χ0n) is 11.7. The van der Waals surface area contributed by atoms with Crippen molar-refractivity contribution in [2.75, 3.05) is 7.05 Å². The van der Waals surface area contributed by atoms with Crippen LogP contribution in [0.25, 0.3) is 11.0 Å². The first kappa shape index (κ1) is 14.2. The van der Waals surface area contributed by atoms with E-state index in [4.69, 9.17) is 16.0 Å². The number of hydrogen-bond acceptors (Lipinski definition) is 3. The molecule has 2 aromatic heterocycles. The molecule has 0 fully saturated rings. The van der Waals surface area contributed by atoms with Gasteiger partial charge in [0, 0.05) is 22.9 Å². The summed E-state index contributed by atoms with van der Waals surface area (Å²) in [5.74, 6) is 0.287. The monoisotopic (exact) mass is 319 g/mol. The van der Waals surface area contributed by atoms with Crippen LogP contribution >= 0.6 is 22.9 Å². The fraction of sp³-hybridized carbons (Fsp3) is 0.188. The third kappa shape index (κ3) is 2.69. The molecule has 0 spiro atoms. The molecular weight excluding hydrogens is 306 g/mol. The summed E-state index contributed by atoms with van der Waals surface area (Å²) in [4.78, 5) is 15.2. The van der Waals surface area contributed by atoms with Crippen LogP contribution in [0.2, 0.25) is 4.34 Å². The van der Waals surface area contributed by atoms with Crippen molar-refractivity contribution < 1.29 is 9.21 Å². The van der Waals surface area contributed by atoms with E-state index in [0.717, 1.165) is 25.7 Å². The van der Waals surface area contributed by atoms with Crippen LogP contribution in [0.1, 0.15) is 21.0 Å². The van der Waals surface area contributed by atoms with Gasteiger partial charge in [-0.15, -0.1) is 11.3 Å². The van der Waals surface area contributed by atoms with Crippen LogP contribution in [0.3, 0.4) is 0 Å². The molecule has 3 rings (SSSR count). The zero-order chi connectivity index (χ0) is 15.0. The lowest BCUT2D eigenvalue weighted by Crippen LogP contribution is -2.25. The number of rotatable bonds is 3. The molecule has 0 radical (unpaired) electrons. The van der Waals surface area contributed by atoms with Crippen LogP contribution in [0.15, 0.2) is 40.8 Å². The molecule has 3 aromatic rings. The Bertz CT molecular complexity index is 806. The van der Waals surface area contributed by atoms with Crippen molar-refractivity contribution in [2.24, 2.45) is 0 Å². The second kappa shape index (κ2) is 5.54. The molecule has 0 saturated heterocycles. The summed E-state index contributed by atoms with van der Waals surface area (Å²) >= 11 is 7.39. The van der Waals surface area contributed by atoms with Gasteiger partial charge in [0.25, 0.3) is 5.91 Å². The second-order valence-electron chi connectivity index (χ2n) is 4.92. The standard InChI is InChI=1S/C16H14ClNO2S/c1-10-12-5-3-4-6-13(12)20-15(10)16(19)18(2)9-11-7-8-14(17)21-11/h3-8H,9H2,1-2H3. The van der Waals surface area contributed by atoms with E-state index in [2.05, 4.69) is 0 Å². The van der Waals surface area contributed by atoms with E-state index in [1.54, 1.807) is 11.9 Å². The van der Waals surface area contributed by atoms with Gasteiger partial charge < -0.3 is 9.32 Å². The Kier molecular flexibility index (Phi) is 3.74. The van der Waals surface area contributed by atoms with Crippen LogP contribution in [-0.2, 0) is 6.54 Å². The highest BCUT2D eigenvalue weighted by atomic mass is 35.5. The van der Waals surface area contributed by atoms with Crippen LogP contribution in [0.5, 0.6) is 0 Å². The molecule has 0 saturated carbocycles. The van der Waals surface area contributed by atoms with Crippen LogP contribution in [0, 0.1) is 6.92 Å². The maximum atomic E-state index is 12.6. The number of nitrogens with zero attached hydrogens (tertiary/aromatic N) is 1. The highest BCUT2D eigenvalue weighted by molar-refractivity contribution is 7.16. The minimum Gasteiger partial charge on any atom is -0.451 e. The lowest BCUT2D eigenvalue weighted by Gasteiger charge is -2.14. The summed E-state index contributed by atoms with van der Waals surface area (Å²) in [5, 5.41) is 0.980. The van der Waals surface area contributed by atoms with E-state index in [-0.39, 0.29) is 5.91 Å². The van der Waals surface area contributed by atoms with E-state index in [0.29, 0.717) is 12.3 Å². The molecular formula is C16H14ClNO2S. The summed E-state index contributed by atoms with van der Waals surface area (Å²) in [6.07, 6.45) is 0. The number of halogens is 1. The fourth-order valence-corrected chi connectivity index (χ4v) is 3.44. The van der Waals surface area contributed by atoms with Crippen molar-refractivity contribution in [1.82, 2.24) is 4.90 Å². The van der Waals surface area contributed by atoms with Crippen LogP contribution in [0.4, 0.5) is 0 Å². The Morgan fingerprint density at radius 2 is 2.05 bits per heavy atom. The Balaban J connectivity index is 1.87. The smallest absolute Gasteiger partial charge is 0.289 e. The summed E-state index contributed by atoms with van der Waals surface area (Å²) < 4.78 is 6.44. The maximum absolute atomic E-state index is 12.6. The lowest BCUT2D eigenvalue weighted by atomic mass is 10.1. The minimum absolute atomic E-state index is 0.117. The molecule has 0 aliphatic rings. The quantitative estimate of drug-likeness (QED) is 0.699. The van der Waals surface area contributed by atoms with E-state index < -0.39 is 0 Å². The maximum Gasteiger partial charge on any atom is 0.289 e. The number of carbonyl (C=O) groups excluding carboxylic acids is 1. The number of carbonyl (C=O) groups is 1. The molecule has 0 bridgehead atoms. The first-order valence-electron chi connectivity index (χ1n) is 6.54. The van der Waals surface area contributed by atoms with Crippen molar-refractivity contribution in [3.63, 3.8) is 0 Å². The van der Waals surface area contributed by atoms with Gasteiger partial charge in [-0.3, -0.25) is 4.79 Å². The molecule has 3 nitrogen and oxygen atoms in total. The van der Waals surface area contributed by atoms with E-state index >= 15 is 0 Å². The number of aryl methyl sites for hydroxylation is 1. The van der Waals surface area contributed by atoms with Crippen molar-refractivity contribution >= 4 is 39.8 Å². The third-order valence-electron chi connectivity index (χ3n) is 3.41. The third-order valence-corrected chi connectivity index (χ3v) is 4.62. The van der Waals surface area contributed by atoms with Gasteiger partial charge in [0.1, 0.15) is 5.58 Å².